The molecule has 12 heteroatoms. The van der Waals surface area contributed by atoms with Crippen LogP contribution in [0.1, 0.15) is 50.5 Å². The second-order valence-electron chi connectivity index (χ2n) is 8.01. The van der Waals surface area contributed by atoms with E-state index in [0.717, 1.165) is 24.4 Å². The lowest BCUT2D eigenvalue weighted by Gasteiger charge is -2.08. The fourth-order valence-corrected chi connectivity index (χ4v) is 3.09. The lowest BCUT2D eigenvalue weighted by molar-refractivity contribution is 0.0940. The van der Waals surface area contributed by atoms with Crippen molar-refractivity contribution >= 4 is 36.0 Å². The average molecular weight is 514 g/mol. The molecule has 0 aliphatic heterocycles. The van der Waals surface area contributed by atoms with Crippen molar-refractivity contribution in [3.63, 3.8) is 0 Å². The summed E-state index contributed by atoms with van der Waals surface area (Å²) < 4.78 is 2.03. The van der Waals surface area contributed by atoms with E-state index < -0.39 is 0 Å². The molecule has 1 saturated carbocycles. The largest absolute Gasteiger partial charge is 0.387 e. The van der Waals surface area contributed by atoms with Crippen LogP contribution in [0, 0.1) is 11.3 Å². The number of benzene rings is 1. The molecule has 1 fully saturated rings. The van der Waals surface area contributed by atoms with E-state index in [1.165, 1.54) is 26.1 Å². The number of hydrogen-bond acceptors (Lipinski definition) is 7. The summed E-state index contributed by atoms with van der Waals surface area (Å²) in [5.74, 6) is 0.442. The van der Waals surface area contributed by atoms with E-state index in [0.29, 0.717) is 42.9 Å². The minimum absolute atomic E-state index is 0.00501. The molecule has 2 aromatic rings. The molecule has 202 valence electrons. The molecule has 0 unspecified atom stereocenters. The van der Waals surface area contributed by atoms with Crippen molar-refractivity contribution in [3.05, 3.63) is 53.3 Å². The molecule has 3 rings (SSSR count). The molecule has 0 radical (unpaired) electrons. The number of anilines is 1. The van der Waals surface area contributed by atoms with Crippen molar-refractivity contribution in [1.82, 2.24) is 15.2 Å². The Kier molecular flexibility index (Phi) is 14.4. The molecule has 12 nitrogen and oxygen atoms in total. The number of aromatic nitrogens is 1. The van der Waals surface area contributed by atoms with E-state index in [-0.39, 0.29) is 17.8 Å². The van der Waals surface area contributed by atoms with Crippen molar-refractivity contribution < 1.29 is 14.4 Å². The molecular formula is C25H39N9O3. The number of nitrogens with zero attached hydrogens (tertiary/aromatic N) is 2. The Morgan fingerprint density at radius 3 is 2.30 bits per heavy atom. The number of aldehydes is 1. The summed E-state index contributed by atoms with van der Waals surface area (Å²) in [7, 11) is 3.35. The van der Waals surface area contributed by atoms with Crippen molar-refractivity contribution in [2.45, 2.75) is 25.8 Å². The number of hydrogen-bond donors (Lipinski definition) is 7. The van der Waals surface area contributed by atoms with Gasteiger partial charge < -0.3 is 43.1 Å². The van der Waals surface area contributed by atoms with Gasteiger partial charge in [0.05, 0.1) is 12.2 Å². The first kappa shape index (κ1) is 30.8. The average Bonchev–Trinajstić information content (AvgIpc) is 3.64. The van der Waals surface area contributed by atoms with E-state index in [4.69, 9.17) is 16.9 Å². The number of nitrogens with two attached hydrogens (primary N) is 3. The van der Waals surface area contributed by atoms with Crippen LogP contribution in [-0.4, -0.2) is 68.6 Å². The van der Waals surface area contributed by atoms with Crippen LogP contribution < -0.4 is 33.2 Å². The Morgan fingerprint density at radius 1 is 1.11 bits per heavy atom. The first-order valence-electron chi connectivity index (χ1n) is 12.0. The molecule has 0 spiro atoms. The quantitative estimate of drug-likeness (QED) is 0.0938. The normalized spacial score (nSPS) is 11.4. The van der Waals surface area contributed by atoms with Crippen molar-refractivity contribution in [2.24, 2.45) is 28.1 Å². The van der Waals surface area contributed by atoms with Gasteiger partial charge in [0.1, 0.15) is 12.0 Å². The summed E-state index contributed by atoms with van der Waals surface area (Å²) in [5, 5.41) is 15.5. The molecule has 0 atom stereocenters. The molecule has 2 amide bonds. The highest BCUT2D eigenvalue weighted by atomic mass is 16.2. The van der Waals surface area contributed by atoms with Gasteiger partial charge in [0, 0.05) is 44.0 Å². The Hall–Kier alpha value is -4.19. The Bertz CT molecular complexity index is 1020. The van der Waals surface area contributed by atoms with Crippen LogP contribution in [0.15, 0.2) is 41.5 Å². The Morgan fingerprint density at radius 2 is 1.76 bits per heavy atom. The number of rotatable bonds is 12. The van der Waals surface area contributed by atoms with E-state index in [1.807, 2.05) is 23.9 Å². The van der Waals surface area contributed by atoms with Gasteiger partial charge >= 0.3 is 0 Å². The van der Waals surface area contributed by atoms with Crippen LogP contribution in [0.4, 0.5) is 5.69 Å². The Balaban J connectivity index is 0.000000348. The smallest absolute Gasteiger partial charge is 0.267 e. The predicted octanol–water partition coefficient (Wildman–Crippen LogP) is 0.786. The summed E-state index contributed by atoms with van der Waals surface area (Å²) in [5.41, 5.74) is 17.5. The van der Waals surface area contributed by atoms with E-state index >= 15 is 0 Å². The van der Waals surface area contributed by atoms with Gasteiger partial charge in [-0.15, -0.1) is 0 Å². The molecule has 1 aromatic carbocycles. The van der Waals surface area contributed by atoms with Gasteiger partial charge in [0.25, 0.3) is 11.8 Å². The van der Waals surface area contributed by atoms with Crippen molar-refractivity contribution in [3.8, 4) is 0 Å². The van der Waals surface area contributed by atoms with Crippen LogP contribution in [0.5, 0.6) is 0 Å². The van der Waals surface area contributed by atoms with Crippen molar-refractivity contribution in [1.29, 1.82) is 5.41 Å². The first-order valence-corrected chi connectivity index (χ1v) is 12.0. The van der Waals surface area contributed by atoms with Crippen LogP contribution in [0.2, 0.25) is 0 Å². The monoisotopic (exact) mass is 513 g/mol. The number of amides is 2. The third kappa shape index (κ3) is 11.9. The zero-order valence-electron chi connectivity index (χ0n) is 21.5. The van der Waals surface area contributed by atoms with Crippen LogP contribution >= 0.6 is 0 Å². The summed E-state index contributed by atoms with van der Waals surface area (Å²) in [6.45, 7) is 2.13. The van der Waals surface area contributed by atoms with Crippen LogP contribution in [-0.2, 0) is 6.54 Å². The molecule has 1 aliphatic carbocycles. The molecule has 1 aliphatic rings. The summed E-state index contributed by atoms with van der Waals surface area (Å²) in [6.07, 6.45) is 7.13. The summed E-state index contributed by atoms with van der Waals surface area (Å²) in [4.78, 5) is 37.8. The van der Waals surface area contributed by atoms with Gasteiger partial charge in [0.2, 0.25) is 0 Å². The predicted molar refractivity (Wildman–Crippen MR) is 147 cm³/mol. The van der Waals surface area contributed by atoms with Gasteiger partial charge in [-0.05, 0) is 56.6 Å². The number of nitrogens with one attached hydrogen (secondary N) is 4. The fourth-order valence-electron chi connectivity index (χ4n) is 3.09. The zero-order valence-corrected chi connectivity index (χ0v) is 21.5. The van der Waals surface area contributed by atoms with Crippen LogP contribution in [0.3, 0.4) is 0 Å². The number of carbonyl (C=O) groups is 3. The van der Waals surface area contributed by atoms with E-state index in [2.05, 4.69) is 26.7 Å². The van der Waals surface area contributed by atoms with Gasteiger partial charge in [0.15, 0.2) is 5.96 Å². The third-order valence-corrected chi connectivity index (χ3v) is 5.14. The number of guanidine groups is 1. The number of carbonyl (C=O) groups excluding carboxylic acids is 3. The van der Waals surface area contributed by atoms with Gasteiger partial charge in [-0.1, -0.05) is 12.1 Å². The zero-order chi connectivity index (χ0) is 27.6. The Labute approximate surface area is 217 Å². The van der Waals surface area contributed by atoms with E-state index in [1.54, 1.807) is 24.3 Å². The lowest BCUT2D eigenvalue weighted by atomic mass is 10.1. The minimum Gasteiger partial charge on any atom is -0.387 e. The highest BCUT2D eigenvalue weighted by molar-refractivity contribution is 5.95. The molecule has 37 heavy (non-hydrogen) atoms. The molecule has 1 aromatic heterocycles. The van der Waals surface area contributed by atoms with E-state index in [9.17, 15) is 14.4 Å². The highest BCUT2D eigenvalue weighted by Gasteiger charge is 2.24. The maximum absolute atomic E-state index is 12.0. The molecule has 10 N–H and O–H groups in total. The third-order valence-electron chi connectivity index (χ3n) is 5.14. The topological polar surface area (TPSA) is 206 Å². The standard InChI is InChI=1S/C13H20N4O.C11H14N4O2.CH5N/c1-15-11-7-12(13(18)16-6-2-5-14)17(9-11)8-10-3-4-10;12-11(13)15-6-5-14-10(17)9-3-1-8(7-16)2-4-9;1-2/h5,7,9-10,14-15H,2-4,6,8H2,1H3,(H,16,18);1-4,7H,5-6H2,(H,14,17)(H4,12,13,15);2H2,1H3. The first-order chi connectivity index (χ1) is 17.9. The molecule has 1 heterocycles. The molecular weight excluding hydrogens is 474 g/mol. The highest BCUT2D eigenvalue weighted by Crippen LogP contribution is 2.31. The SMILES string of the molecule is CN.CNc1cc(C(=O)NCCC=N)n(CC2CC2)c1.NC(N)=NCCNC(=O)c1ccc(C=O)cc1. The van der Waals surface area contributed by atoms with Crippen LogP contribution in [0.25, 0.3) is 0 Å². The van der Waals surface area contributed by atoms with Crippen molar-refractivity contribution in [2.75, 3.05) is 39.0 Å². The number of aliphatic imine (C=N–C) groups is 1. The lowest BCUT2D eigenvalue weighted by Crippen LogP contribution is -2.28. The fraction of sp³-hybridized carbons (Fsp3) is 0.400. The maximum Gasteiger partial charge on any atom is 0.267 e. The summed E-state index contributed by atoms with van der Waals surface area (Å²) in [6, 6.07) is 8.21. The summed E-state index contributed by atoms with van der Waals surface area (Å²) >= 11 is 0. The second-order valence-corrected chi connectivity index (χ2v) is 8.01. The van der Waals surface area contributed by atoms with Gasteiger partial charge in [-0.25, -0.2) is 0 Å². The molecule has 0 saturated heterocycles. The molecule has 0 bridgehead atoms. The maximum atomic E-state index is 12.0. The van der Waals surface area contributed by atoms with Gasteiger partial charge in [-0.3, -0.25) is 19.4 Å². The van der Waals surface area contributed by atoms with Gasteiger partial charge in [-0.2, -0.15) is 0 Å². The second kappa shape index (κ2) is 17.3. The minimum atomic E-state index is -0.228.